The summed E-state index contributed by atoms with van der Waals surface area (Å²) in [5.41, 5.74) is 0. The molecule has 0 aliphatic carbocycles. The molecule has 2 aromatic carbocycles. The molecule has 0 aliphatic heterocycles. The zero-order valence-electron chi connectivity index (χ0n) is 21.1. The Hall–Kier alpha value is -2.43. The summed E-state index contributed by atoms with van der Waals surface area (Å²) < 4.78 is 12.0. The maximum absolute atomic E-state index is 11.5. The van der Waals surface area contributed by atoms with Gasteiger partial charge in [-0.1, -0.05) is 114 Å². The number of ether oxygens (including phenoxy) is 1. The van der Waals surface area contributed by atoms with Crippen LogP contribution in [0, 0.1) is 5.92 Å². The van der Waals surface area contributed by atoms with Crippen molar-refractivity contribution in [2.24, 2.45) is 5.92 Å². The van der Waals surface area contributed by atoms with Crippen LogP contribution in [0.5, 0.6) is 0 Å². The van der Waals surface area contributed by atoms with Crippen LogP contribution in [0.25, 0.3) is 0 Å². The Kier molecular flexibility index (Phi) is 10.3. The standard InChI is InChI=1S/C29H40O3Si/c1-24(2)16-15-18-25(17-13-14-23-28(30)31-6)32-33(29(3,4)5,26-19-9-7-10-20-26)27-21-11-8-12-22-27/h7-12,14-15,18-25H,13,16-17H2,1-6H3/b18-15-,23-14+. The second-order valence-electron chi connectivity index (χ2n) is 9.88. The highest BCUT2D eigenvalue weighted by atomic mass is 28.4. The first-order valence-corrected chi connectivity index (χ1v) is 13.8. The molecule has 0 radical (unpaired) electrons. The Morgan fingerprint density at radius 1 is 0.939 bits per heavy atom. The fourth-order valence-electron chi connectivity index (χ4n) is 4.12. The van der Waals surface area contributed by atoms with Gasteiger partial charge in [0.25, 0.3) is 8.32 Å². The molecule has 2 rings (SSSR count). The topological polar surface area (TPSA) is 35.5 Å². The lowest BCUT2D eigenvalue weighted by Crippen LogP contribution is -2.67. The van der Waals surface area contributed by atoms with Gasteiger partial charge >= 0.3 is 5.97 Å². The number of carbonyl (C=O) groups excluding carboxylic acids is 1. The van der Waals surface area contributed by atoms with Gasteiger partial charge in [-0.3, -0.25) is 0 Å². The highest BCUT2D eigenvalue weighted by Gasteiger charge is 2.51. The van der Waals surface area contributed by atoms with Gasteiger partial charge in [0.2, 0.25) is 0 Å². The SMILES string of the molecule is COC(=O)/C=C/CCC(/C=C\CC(C)C)O[Si](c1ccccc1)(c1ccccc1)C(C)(C)C. The van der Waals surface area contributed by atoms with Crippen molar-refractivity contribution >= 4 is 24.7 Å². The van der Waals surface area contributed by atoms with Gasteiger partial charge in [0, 0.05) is 6.08 Å². The van der Waals surface area contributed by atoms with E-state index in [-0.39, 0.29) is 17.1 Å². The molecule has 1 unspecified atom stereocenters. The van der Waals surface area contributed by atoms with E-state index in [0.29, 0.717) is 5.92 Å². The zero-order chi connectivity index (χ0) is 24.3. The number of benzene rings is 2. The predicted molar refractivity (Wildman–Crippen MR) is 141 cm³/mol. The second-order valence-corrected chi connectivity index (χ2v) is 14.1. The van der Waals surface area contributed by atoms with Crippen molar-refractivity contribution < 1.29 is 14.0 Å². The van der Waals surface area contributed by atoms with Gasteiger partial charge < -0.3 is 9.16 Å². The summed E-state index contributed by atoms with van der Waals surface area (Å²) in [4.78, 5) is 11.5. The maximum atomic E-state index is 11.5. The Labute approximate surface area is 201 Å². The fraction of sp³-hybridized carbons (Fsp3) is 0.414. The van der Waals surface area contributed by atoms with E-state index in [1.54, 1.807) is 0 Å². The van der Waals surface area contributed by atoms with Crippen LogP contribution in [0.1, 0.15) is 53.9 Å². The van der Waals surface area contributed by atoms with E-state index < -0.39 is 8.32 Å². The summed E-state index contributed by atoms with van der Waals surface area (Å²) in [6.07, 6.45) is 10.3. The van der Waals surface area contributed by atoms with Gasteiger partial charge in [-0.15, -0.1) is 0 Å². The quantitative estimate of drug-likeness (QED) is 0.176. The van der Waals surface area contributed by atoms with Gasteiger partial charge in [-0.05, 0) is 40.6 Å². The summed E-state index contributed by atoms with van der Waals surface area (Å²) >= 11 is 0. The van der Waals surface area contributed by atoms with Crippen molar-refractivity contribution in [3.63, 3.8) is 0 Å². The van der Waals surface area contributed by atoms with E-state index in [2.05, 4.69) is 107 Å². The van der Waals surface area contributed by atoms with Crippen molar-refractivity contribution in [1.82, 2.24) is 0 Å². The molecule has 0 aliphatic rings. The number of esters is 1. The molecule has 2 aromatic rings. The minimum atomic E-state index is -2.65. The molecule has 33 heavy (non-hydrogen) atoms. The Bertz CT molecular complexity index is 856. The van der Waals surface area contributed by atoms with E-state index in [9.17, 15) is 4.79 Å². The molecule has 0 aromatic heterocycles. The third-order valence-electron chi connectivity index (χ3n) is 5.78. The van der Waals surface area contributed by atoms with Crippen LogP contribution in [0.2, 0.25) is 5.04 Å². The molecule has 0 fully saturated rings. The molecule has 0 bridgehead atoms. The average Bonchev–Trinajstić information content (AvgIpc) is 2.79. The Balaban J connectivity index is 2.50. The van der Waals surface area contributed by atoms with Crippen LogP contribution in [0.15, 0.2) is 85.0 Å². The second kappa shape index (κ2) is 12.7. The molecule has 4 heteroatoms. The van der Waals surface area contributed by atoms with Crippen LogP contribution in [-0.2, 0) is 14.0 Å². The van der Waals surface area contributed by atoms with E-state index >= 15 is 0 Å². The molecule has 3 nitrogen and oxygen atoms in total. The number of rotatable bonds is 11. The molecule has 178 valence electrons. The first-order valence-electron chi connectivity index (χ1n) is 11.9. The first-order chi connectivity index (χ1) is 15.7. The number of allylic oxidation sites excluding steroid dienone is 2. The minimum absolute atomic E-state index is 0.0580. The zero-order valence-corrected chi connectivity index (χ0v) is 22.1. The molecule has 1 atom stereocenters. The number of carbonyl (C=O) groups is 1. The van der Waals surface area contributed by atoms with E-state index in [0.717, 1.165) is 19.3 Å². The van der Waals surface area contributed by atoms with Crippen LogP contribution in [-0.4, -0.2) is 27.5 Å². The molecular formula is C29H40O3Si. The summed E-state index contributed by atoms with van der Waals surface area (Å²) in [5, 5.41) is 2.47. The molecule has 0 spiro atoms. The molecule has 0 N–H and O–H groups in total. The van der Waals surface area contributed by atoms with E-state index in [1.165, 1.54) is 23.6 Å². The van der Waals surface area contributed by atoms with Gasteiger partial charge in [0.1, 0.15) is 0 Å². The van der Waals surface area contributed by atoms with Crippen LogP contribution in [0.3, 0.4) is 0 Å². The van der Waals surface area contributed by atoms with Gasteiger partial charge in [0.15, 0.2) is 0 Å². The Morgan fingerprint density at radius 2 is 1.48 bits per heavy atom. The van der Waals surface area contributed by atoms with Crippen LogP contribution in [0.4, 0.5) is 0 Å². The lowest BCUT2D eigenvalue weighted by molar-refractivity contribution is -0.134. The van der Waals surface area contributed by atoms with Crippen LogP contribution >= 0.6 is 0 Å². The van der Waals surface area contributed by atoms with Crippen molar-refractivity contribution in [3.05, 3.63) is 85.0 Å². The third kappa shape index (κ3) is 7.55. The minimum Gasteiger partial charge on any atom is -0.466 e. The number of methoxy groups -OCH3 is 1. The van der Waals surface area contributed by atoms with Gasteiger partial charge in [-0.2, -0.15) is 0 Å². The van der Waals surface area contributed by atoms with E-state index in [4.69, 9.17) is 9.16 Å². The molecule has 0 saturated carbocycles. The third-order valence-corrected chi connectivity index (χ3v) is 10.8. The monoisotopic (exact) mass is 464 g/mol. The van der Waals surface area contributed by atoms with Gasteiger partial charge in [-0.25, -0.2) is 4.79 Å². The number of hydrogen-bond acceptors (Lipinski definition) is 3. The number of hydrogen-bond donors (Lipinski definition) is 0. The maximum Gasteiger partial charge on any atom is 0.330 e. The van der Waals surface area contributed by atoms with Crippen LogP contribution < -0.4 is 10.4 Å². The highest BCUT2D eigenvalue weighted by Crippen LogP contribution is 2.38. The summed E-state index contributed by atoms with van der Waals surface area (Å²) in [6, 6.07) is 21.4. The lowest BCUT2D eigenvalue weighted by atomic mass is 10.1. The van der Waals surface area contributed by atoms with Gasteiger partial charge in [0.05, 0.1) is 13.2 Å². The molecule has 0 amide bonds. The summed E-state index contributed by atoms with van der Waals surface area (Å²) in [7, 11) is -1.25. The predicted octanol–water partition coefficient (Wildman–Crippen LogP) is 6.04. The van der Waals surface area contributed by atoms with Crippen molar-refractivity contribution in [3.8, 4) is 0 Å². The summed E-state index contributed by atoms with van der Waals surface area (Å²) in [6.45, 7) is 11.3. The fourth-order valence-corrected chi connectivity index (χ4v) is 8.79. The van der Waals surface area contributed by atoms with Crippen molar-refractivity contribution in [2.75, 3.05) is 7.11 Å². The van der Waals surface area contributed by atoms with E-state index in [1.807, 2.05) is 6.08 Å². The summed E-state index contributed by atoms with van der Waals surface area (Å²) in [5.74, 6) is 0.267. The lowest BCUT2D eigenvalue weighted by Gasteiger charge is -2.44. The smallest absolute Gasteiger partial charge is 0.330 e. The molecule has 0 heterocycles. The normalized spacial score (nSPS) is 13.7. The largest absolute Gasteiger partial charge is 0.466 e. The Morgan fingerprint density at radius 3 is 1.94 bits per heavy atom. The first kappa shape index (κ1) is 26.8. The van der Waals surface area contributed by atoms with Crippen molar-refractivity contribution in [2.45, 2.75) is 65.0 Å². The van der Waals surface area contributed by atoms with Crippen molar-refractivity contribution in [1.29, 1.82) is 0 Å². The average molecular weight is 465 g/mol. The molecule has 0 saturated heterocycles. The highest BCUT2D eigenvalue weighted by molar-refractivity contribution is 6.99. The molecular weight excluding hydrogens is 424 g/mol.